The lowest BCUT2D eigenvalue weighted by Crippen LogP contribution is -2.38. The van der Waals surface area contributed by atoms with Crippen LogP contribution in [-0.4, -0.2) is 32.6 Å². The summed E-state index contributed by atoms with van der Waals surface area (Å²) in [5.41, 5.74) is -5.56. The van der Waals surface area contributed by atoms with Crippen LogP contribution in [0.3, 0.4) is 0 Å². The number of alkyl halides is 3. The molecule has 0 aliphatic carbocycles. The second-order valence-electron chi connectivity index (χ2n) is 3.41. The van der Waals surface area contributed by atoms with Gasteiger partial charge in [0.1, 0.15) is 0 Å². The van der Waals surface area contributed by atoms with Gasteiger partial charge in [-0.05, 0) is 12.8 Å². The van der Waals surface area contributed by atoms with E-state index in [4.69, 9.17) is 0 Å². The summed E-state index contributed by atoms with van der Waals surface area (Å²) in [4.78, 5) is 11.2. The molecule has 0 aliphatic heterocycles. The molecule has 1 atom stereocenters. The quantitative estimate of drug-likeness (QED) is 0.432. The van der Waals surface area contributed by atoms with E-state index >= 15 is 0 Å². The normalized spacial score (nSPS) is 14.8. The lowest BCUT2D eigenvalue weighted by Gasteiger charge is -2.19. The second-order valence-corrected chi connectivity index (χ2v) is 4.98. The van der Waals surface area contributed by atoms with Crippen molar-refractivity contribution in [2.75, 3.05) is 6.61 Å². The van der Waals surface area contributed by atoms with Gasteiger partial charge in [-0.25, -0.2) is 8.98 Å². The van der Waals surface area contributed by atoms with E-state index in [1.807, 2.05) is 0 Å². The number of esters is 1. The topological polar surface area (TPSA) is 69.7 Å². The van der Waals surface area contributed by atoms with Gasteiger partial charge in [0.05, 0.1) is 6.61 Å². The third-order valence-corrected chi connectivity index (χ3v) is 2.67. The Kier molecular flexibility index (Phi) is 5.40. The largest absolute Gasteiger partial charge is 0.523 e. The van der Waals surface area contributed by atoms with E-state index < -0.39 is 33.6 Å². The zero-order chi connectivity index (χ0) is 13.9. The Labute approximate surface area is 97.0 Å². The maximum atomic E-state index is 12.0. The number of carbonyl (C=O) groups excluding carboxylic acids is 1. The van der Waals surface area contributed by atoms with Crippen molar-refractivity contribution in [3.63, 3.8) is 0 Å². The maximum absolute atomic E-state index is 12.0. The number of rotatable bonds is 5. The van der Waals surface area contributed by atoms with Crippen molar-refractivity contribution in [2.24, 2.45) is 5.92 Å². The van der Waals surface area contributed by atoms with Crippen LogP contribution in [-0.2, 0) is 23.8 Å². The Hall–Kier alpha value is -0.830. The molecule has 0 amide bonds. The van der Waals surface area contributed by atoms with Crippen LogP contribution in [0.1, 0.15) is 20.8 Å². The van der Waals surface area contributed by atoms with Crippen LogP contribution >= 0.6 is 0 Å². The van der Waals surface area contributed by atoms with Gasteiger partial charge in [-0.2, -0.15) is 21.6 Å². The number of carbonyl (C=O) groups is 1. The Morgan fingerprint density at radius 3 is 2.06 bits per heavy atom. The first-order chi connectivity index (χ1) is 7.53. The lowest BCUT2D eigenvalue weighted by atomic mass is 10.1. The highest BCUT2D eigenvalue weighted by atomic mass is 32.2. The molecule has 0 unspecified atom stereocenters. The van der Waals surface area contributed by atoms with E-state index in [0.717, 1.165) is 0 Å². The summed E-state index contributed by atoms with van der Waals surface area (Å²) >= 11 is 0. The molecular formula is C8H13F3O5S. The van der Waals surface area contributed by atoms with Gasteiger partial charge < -0.3 is 4.74 Å². The summed E-state index contributed by atoms with van der Waals surface area (Å²) < 4.78 is 65.8. The molecule has 0 saturated carbocycles. The predicted molar refractivity (Wildman–Crippen MR) is 51.3 cm³/mol. The highest BCUT2D eigenvalue weighted by molar-refractivity contribution is 7.87. The molecular weight excluding hydrogens is 265 g/mol. The molecule has 0 spiro atoms. The molecule has 0 aromatic heterocycles. The van der Waals surface area contributed by atoms with Crippen LogP contribution in [0.5, 0.6) is 0 Å². The summed E-state index contributed by atoms with van der Waals surface area (Å²) in [7, 11) is -5.81. The van der Waals surface area contributed by atoms with Crippen LogP contribution in [0.2, 0.25) is 0 Å². The number of ether oxygens (including phenoxy) is 1. The average Bonchev–Trinajstić information content (AvgIpc) is 2.12. The minimum atomic E-state index is -5.81. The molecule has 0 bridgehead atoms. The highest BCUT2D eigenvalue weighted by Crippen LogP contribution is 2.27. The van der Waals surface area contributed by atoms with E-state index in [9.17, 15) is 26.4 Å². The molecule has 0 saturated heterocycles. The van der Waals surface area contributed by atoms with Crippen molar-refractivity contribution >= 4 is 16.1 Å². The highest BCUT2D eigenvalue weighted by Gasteiger charge is 2.50. The van der Waals surface area contributed by atoms with Crippen molar-refractivity contribution in [3.05, 3.63) is 0 Å². The van der Waals surface area contributed by atoms with E-state index in [1.54, 1.807) is 0 Å². The summed E-state index contributed by atoms with van der Waals surface area (Å²) in [6, 6.07) is 0. The van der Waals surface area contributed by atoms with Crippen molar-refractivity contribution in [1.82, 2.24) is 0 Å². The minimum Gasteiger partial charge on any atom is -0.464 e. The molecule has 0 aromatic carbocycles. The van der Waals surface area contributed by atoms with Gasteiger partial charge in [-0.3, -0.25) is 0 Å². The first-order valence-electron chi connectivity index (χ1n) is 4.69. The Balaban J connectivity index is 4.98. The van der Waals surface area contributed by atoms with E-state index in [0.29, 0.717) is 0 Å². The smallest absolute Gasteiger partial charge is 0.464 e. The van der Waals surface area contributed by atoms with E-state index in [1.165, 1.54) is 20.8 Å². The molecule has 0 aromatic rings. The Morgan fingerprint density at radius 1 is 1.29 bits per heavy atom. The molecule has 0 heterocycles. The van der Waals surface area contributed by atoms with E-state index in [2.05, 4.69) is 8.92 Å². The van der Waals surface area contributed by atoms with Gasteiger partial charge >= 0.3 is 21.6 Å². The molecule has 5 nitrogen and oxygen atoms in total. The summed E-state index contributed by atoms with van der Waals surface area (Å²) in [5, 5.41) is 0. The number of hydrogen-bond acceptors (Lipinski definition) is 5. The zero-order valence-corrected chi connectivity index (χ0v) is 10.3. The van der Waals surface area contributed by atoms with Crippen LogP contribution in [0.15, 0.2) is 0 Å². The first kappa shape index (κ1) is 16.2. The van der Waals surface area contributed by atoms with Crippen molar-refractivity contribution in [3.8, 4) is 0 Å². The molecule has 102 valence electrons. The fourth-order valence-corrected chi connectivity index (χ4v) is 1.52. The first-order valence-corrected chi connectivity index (χ1v) is 6.10. The van der Waals surface area contributed by atoms with Crippen LogP contribution < -0.4 is 0 Å². The number of hydrogen-bond donors (Lipinski definition) is 0. The Morgan fingerprint density at radius 2 is 1.76 bits per heavy atom. The lowest BCUT2D eigenvalue weighted by molar-refractivity contribution is -0.154. The molecule has 0 radical (unpaired) electrons. The van der Waals surface area contributed by atoms with Crippen molar-refractivity contribution in [1.29, 1.82) is 0 Å². The SMILES string of the molecule is CCOC(=O)[C@@H](OS(=O)(=O)C(F)(F)F)C(C)C. The summed E-state index contributed by atoms with van der Waals surface area (Å²) in [5.74, 6) is -1.92. The van der Waals surface area contributed by atoms with Gasteiger partial charge in [0.15, 0.2) is 6.10 Å². The zero-order valence-electron chi connectivity index (χ0n) is 9.45. The van der Waals surface area contributed by atoms with Crippen molar-refractivity contribution in [2.45, 2.75) is 32.4 Å². The average molecular weight is 278 g/mol. The third kappa shape index (κ3) is 4.50. The Bertz CT molecular complexity index is 360. The molecule has 0 aliphatic rings. The van der Waals surface area contributed by atoms with Crippen LogP contribution in [0.25, 0.3) is 0 Å². The molecule has 9 heteroatoms. The van der Waals surface area contributed by atoms with Crippen LogP contribution in [0, 0.1) is 5.92 Å². The van der Waals surface area contributed by atoms with Crippen molar-refractivity contribution < 1.29 is 35.3 Å². The summed E-state index contributed by atoms with van der Waals surface area (Å²) in [6.45, 7) is 4.03. The second kappa shape index (κ2) is 5.67. The summed E-state index contributed by atoms with van der Waals surface area (Å²) in [6.07, 6.45) is -1.80. The fourth-order valence-electron chi connectivity index (χ4n) is 0.838. The molecule has 17 heavy (non-hydrogen) atoms. The standard InChI is InChI=1S/C8H13F3O5S/c1-4-15-7(12)6(5(2)3)16-17(13,14)8(9,10)11/h5-6H,4H2,1-3H3/t6-/m0/s1. The fraction of sp³-hybridized carbons (Fsp3) is 0.875. The van der Waals surface area contributed by atoms with Gasteiger partial charge in [-0.15, -0.1) is 0 Å². The molecule has 0 N–H and O–H groups in total. The molecule has 0 rings (SSSR count). The van der Waals surface area contributed by atoms with Gasteiger partial charge in [-0.1, -0.05) is 13.8 Å². The maximum Gasteiger partial charge on any atom is 0.523 e. The van der Waals surface area contributed by atoms with Gasteiger partial charge in [0.2, 0.25) is 0 Å². The van der Waals surface area contributed by atoms with Gasteiger partial charge in [0.25, 0.3) is 0 Å². The minimum absolute atomic E-state index is 0.0858. The predicted octanol–water partition coefficient (Wildman–Crippen LogP) is 1.44. The van der Waals surface area contributed by atoms with Gasteiger partial charge in [0, 0.05) is 0 Å². The molecule has 0 fully saturated rings. The van der Waals surface area contributed by atoms with E-state index in [-0.39, 0.29) is 6.61 Å². The monoisotopic (exact) mass is 278 g/mol. The van der Waals surface area contributed by atoms with Crippen LogP contribution in [0.4, 0.5) is 13.2 Å². The number of halogens is 3. The third-order valence-electron chi connectivity index (χ3n) is 1.64.